The van der Waals surface area contributed by atoms with Crippen LogP contribution in [-0.4, -0.2) is 35.6 Å². The number of carbonyl (C=O) groups is 2. The van der Waals surface area contributed by atoms with Gasteiger partial charge in [0.2, 0.25) is 5.91 Å². The van der Waals surface area contributed by atoms with Gasteiger partial charge in [0.05, 0.1) is 25.0 Å². The standard InChI is InChI=1S/C19H19ClN2O4S/c1-12(13-3-8-17(26-2)14(9-13)10-19(24)25)21-22-18(23)11-27-16-6-4-15(20)5-7-16/h3-9H,10-11H2,1-2H3,(H,22,23)(H,24,25)/b21-12-. The molecule has 2 aromatic rings. The van der Waals surface area contributed by atoms with Crippen molar-refractivity contribution in [2.24, 2.45) is 5.10 Å². The van der Waals surface area contributed by atoms with Crippen molar-refractivity contribution >= 4 is 41.0 Å². The predicted octanol–water partition coefficient (Wildman–Crippen LogP) is 3.61. The van der Waals surface area contributed by atoms with Gasteiger partial charge >= 0.3 is 5.97 Å². The molecule has 0 saturated heterocycles. The number of aliphatic carboxylic acids is 1. The zero-order chi connectivity index (χ0) is 19.8. The number of carboxylic acid groups (broad SMARTS) is 1. The summed E-state index contributed by atoms with van der Waals surface area (Å²) in [6, 6.07) is 12.4. The van der Waals surface area contributed by atoms with Crippen molar-refractivity contribution < 1.29 is 19.4 Å². The minimum Gasteiger partial charge on any atom is -0.496 e. The quantitative estimate of drug-likeness (QED) is 0.397. The van der Waals surface area contributed by atoms with Gasteiger partial charge in [0.1, 0.15) is 5.75 Å². The Morgan fingerprint density at radius 3 is 2.56 bits per heavy atom. The predicted molar refractivity (Wildman–Crippen MR) is 107 cm³/mol. The molecule has 27 heavy (non-hydrogen) atoms. The average molecular weight is 407 g/mol. The lowest BCUT2D eigenvalue weighted by Gasteiger charge is -2.09. The molecule has 0 bridgehead atoms. The molecule has 2 N–H and O–H groups in total. The first kappa shape index (κ1) is 20.8. The zero-order valence-corrected chi connectivity index (χ0v) is 16.4. The second-order valence-corrected chi connectivity index (χ2v) is 7.06. The molecule has 8 heteroatoms. The van der Waals surface area contributed by atoms with Gasteiger partial charge < -0.3 is 9.84 Å². The van der Waals surface area contributed by atoms with Gasteiger partial charge in [-0.2, -0.15) is 5.10 Å². The third-order valence-corrected chi connectivity index (χ3v) is 4.84. The molecule has 1 amide bonds. The number of carbonyl (C=O) groups excluding carboxylic acids is 1. The van der Waals surface area contributed by atoms with Gasteiger partial charge in [-0.05, 0) is 55.0 Å². The Morgan fingerprint density at radius 1 is 1.22 bits per heavy atom. The molecular formula is C19H19ClN2O4S. The summed E-state index contributed by atoms with van der Waals surface area (Å²) >= 11 is 7.21. The van der Waals surface area contributed by atoms with Crippen LogP contribution in [0.25, 0.3) is 0 Å². The van der Waals surface area contributed by atoms with E-state index in [-0.39, 0.29) is 18.1 Å². The van der Waals surface area contributed by atoms with Gasteiger partial charge in [-0.15, -0.1) is 11.8 Å². The van der Waals surface area contributed by atoms with E-state index in [1.807, 2.05) is 12.1 Å². The lowest BCUT2D eigenvalue weighted by molar-refractivity contribution is -0.136. The Morgan fingerprint density at radius 2 is 1.93 bits per heavy atom. The first-order valence-electron chi connectivity index (χ1n) is 7.99. The highest BCUT2D eigenvalue weighted by molar-refractivity contribution is 8.00. The summed E-state index contributed by atoms with van der Waals surface area (Å²) in [5, 5.41) is 13.7. The number of hydrogen-bond acceptors (Lipinski definition) is 5. The van der Waals surface area contributed by atoms with E-state index in [0.717, 1.165) is 4.90 Å². The van der Waals surface area contributed by atoms with Crippen LogP contribution in [0.5, 0.6) is 5.75 Å². The molecule has 0 aliphatic rings. The van der Waals surface area contributed by atoms with Crippen molar-refractivity contribution in [1.82, 2.24) is 5.43 Å². The highest BCUT2D eigenvalue weighted by Crippen LogP contribution is 2.21. The average Bonchev–Trinajstić information content (AvgIpc) is 2.65. The smallest absolute Gasteiger partial charge is 0.307 e. The maximum Gasteiger partial charge on any atom is 0.307 e. The highest BCUT2D eigenvalue weighted by atomic mass is 35.5. The Labute approximate surface area is 166 Å². The molecule has 2 rings (SSSR count). The summed E-state index contributed by atoms with van der Waals surface area (Å²) in [5.74, 6) is -0.482. The van der Waals surface area contributed by atoms with Crippen LogP contribution in [-0.2, 0) is 16.0 Å². The lowest BCUT2D eigenvalue weighted by atomic mass is 10.0. The molecule has 0 atom stereocenters. The Bertz CT molecular complexity index is 853. The number of hydrazone groups is 1. The summed E-state index contributed by atoms with van der Waals surface area (Å²) < 4.78 is 5.18. The minimum atomic E-state index is -0.951. The fourth-order valence-corrected chi connectivity index (χ4v) is 3.04. The SMILES string of the molecule is COc1ccc(/C(C)=N\NC(=O)CSc2ccc(Cl)cc2)cc1CC(=O)O. The molecule has 0 aliphatic carbocycles. The van der Waals surface area contributed by atoms with Crippen LogP contribution in [0, 0.1) is 0 Å². The van der Waals surface area contributed by atoms with Crippen LogP contribution in [0.1, 0.15) is 18.1 Å². The van der Waals surface area contributed by atoms with Gasteiger partial charge in [-0.3, -0.25) is 9.59 Å². The number of nitrogens with zero attached hydrogens (tertiary/aromatic N) is 1. The number of halogens is 1. The number of ether oxygens (including phenoxy) is 1. The van der Waals surface area contributed by atoms with Crippen LogP contribution in [0.3, 0.4) is 0 Å². The van der Waals surface area contributed by atoms with E-state index >= 15 is 0 Å². The third kappa shape index (κ3) is 6.62. The van der Waals surface area contributed by atoms with E-state index in [9.17, 15) is 9.59 Å². The Kier molecular flexibility index (Phi) is 7.69. The van der Waals surface area contributed by atoms with E-state index in [2.05, 4.69) is 10.5 Å². The molecule has 0 aromatic heterocycles. The summed E-state index contributed by atoms with van der Waals surface area (Å²) in [7, 11) is 1.49. The second kappa shape index (κ2) is 9.99. The maximum absolute atomic E-state index is 12.0. The van der Waals surface area contributed by atoms with Crippen molar-refractivity contribution in [3.63, 3.8) is 0 Å². The molecule has 0 fully saturated rings. The van der Waals surface area contributed by atoms with Gasteiger partial charge in [0, 0.05) is 15.5 Å². The van der Waals surface area contributed by atoms with Crippen LogP contribution < -0.4 is 10.2 Å². The molecule has 0 aliphatic heterocycles. The first-order chi connectivity index (χ1) is 12.9. The number of thioether (sulfide) groups is 1. The van der Waals surface area contributed by atoms with Crippen molar-refractivity contribution in [3.05, 3.63) is 58.6 Å². The third-order valence-electron chi connectivity index (χ3n) is 3.57. The van der Waals surface area contributed by atoms with Crippen LogP contribution in [0.2, 0.25) is 5.02 Å². The lowest BCUT2D eigenvalue weighted by Crippen LogP contribution is -2.21. The molecular weight excluding hydrogens is 388 g/mol. The molecule has 0 unspecified atom stereocenters. The number of amides is 1. The van der Waals surface area contributed by atoms with Crippen molar-refractivity contribution in [1.29, 1.82) is 0 Å². The largest absolute Gasteiger partial charge is 0.496 e. The summed E-state index contributed by atoms with van der Waals surface area (Å²) in [5.41, 5.74) is 4.32. The summed E-state index contributed by atoms with van der Waals surface area (Å²) in [6.07, 6.45) is -0.158. The van der Waals surface area contributed by atoms with Crippen LogP contribution in [0.15, 0.2) is 52.5 Å². The highest BCUT2D eigenvalue weighted by Gasteiger charge is 2.10. The Hall–Kier alpha value is -2.51. The molecule has 6 nitrogen and oxygen atoms in total. The molecule has 142 valence electrons. The first-order valence-corrected chi connectivity index (χ1v) is 9.36. The van der Waals surface area contributed by atoms with Crippen molar-refractivity contribution in [2.45, 2.75) is 18.2 Å². The monoisotopic (exact) mass is 406 g/mol. The second-order valence-electron chi connectivity index (χ2n) is 5.57. The van der Waals surface area contributed by atoms with E-state index in [1.54, 1.807) is 37.3 Å². The van der Waals surface area contributed by atoms with E-state index in [1.165, 1.54) is 18.9 Å². The van der Waals surface area contributed by atoms with E-state index < -0.39 is 5.97 Å². The maximum atomic E-state index is 12.0. The van der Waals surface area contributed by atoms with Crippen molar-refractivity contribution in [2.75, 3.05) is 12.9 Å². The number of rotatable bonds is 8. The number of methoxy groups -OCH3 is 1. The molecule has 2 aromatic carbocycles. The summed E-state index contributed by atoms with van der Waals surface area (Å²) in [6.45, 7) is 1.74. The molecule has 0 saturated carbocycles. The molecule has 0 radical (unpaired) electrons. The zero-order valence-electron chi connectivity index (χ0n) is 14.9. The number of hydrogen-bond donors (Lipinski definition) is 2. The van der Waals surface area contributed by atoms with Crippen LogP contribution in [0.4, 0.5) is 0 Å². The molecule has 0 spiro atoms. The fraction of sp³-hybridized carbons (Fsp3) is 0.211. The normalized spacial score (nSPS) is 11.1. The number of carboxylic acids is 1. The van der Waals surface area contributed by atoms with E-state index in [4.69, 9.17) is 21.4 Å². The van der Waals surface area contributed by atoms with Gasteiger partial charge in [-0.1, -0.05) is 11.6 Å². The van der Waals surface area contributed by atoms with Gasteiger partial charge in [0.15, 0.2) is 0 Å². The summed E-state index contributed by atoms with van der Waals surface area (Å²) in [4.78, 5) is 23.9. The Balaban J connectivity index is 1.98. The minimum absolute atomic E-state index is 0.158. The topological polar surface area (TPSA) is 88.0 Å². The van der Waals surface area contributed by atoms with Gasteiger partial charge in [0.25, 0.3) is 0 Å². The van der Waals surface area contributed by atoms with Gasteiger partial charge in [-0.25, -0.2) is 5.43 Å². The van der Waals surface area contributed by atoms with E-state index in [0.29, 0.717) is 27.6 Å². The molecule has 0 heterocycles. The number of benzene rings is 2. The number of nitrogens with one attached hydrogen (secondary N) is 1. The van der Waals surface area contributed by atoms with Crippen LogP contribution >= 0.6 is 23.4 Å². The van der Waals surface area contributed by atoms with Crippen molar-refractivity contribution in [3.8, 4) is 5.75 Å². The fourth-order valence-electron chi connectivity index (χ4n) is 2.23.